The van der Waals surface area contributed by atoms with Crippen LogP contribution in [0.2, 0.25) is 5.02 Å². The van der Waals surface area contributed by atoms with Crippen LogP contribution >= 0.6 is 11.6 Å². The second kappa shape index (κ2) is 8.90. The van der Waals surface area contributed by atoms with E-state index in [-0.39, 0.29) is 23.7 Å². The van der Waals surface area contributed by atoms with Gasteiger partial charge in [0.2, 0.25) is 11.8 Å². The largest absolute Gasteiger partial charge is 0.326 e. The van der Waals surface area contributed by atoms with Gasteiger partial charge in [0.25, 0.3) is 0 Å². The minimum absolute atomic E-state index is 0.0147. The summed E-state index contributed by atoms with van der Waals surface area (Å²) in [6.07, 6.45) is 2.63. The minimum atomic E-state index is -0.145. The van der Waals surface area contributed by atoms with Gasteiger partial charge in [-0.3, -0.25) is 9.59 Å². The summed E-state index contributed by atoms with van der Waals surface area (Å²) in [5.41, 5.74) is 2.67. The Morgan fingerprint density at radius 2 is 1.54 bits per heavy atom. The van der Waals surface area contributed by atoms with Crippen molar-refractivity contribution in [3.05, 3.63) is 58.6 Å². The highest BCUT2D eigenvalue weighted by atomic mass is 35.5. The highest BCUT2D eigenvalue weighted by molar-refractivity contribution is 6.30. The standard InChI is InChI=1S/C22H22ClN3O2/c1-14-12-18(23)10-11-19(14)25-21(27)15-6-8-16(9-7-15)22(28)26-20-5-3-2-4-17(20)13-24/h2-5,10-12,15-16H,6-9H2,1H3,(H,25,27)(H,26,28). The summed E-state index contributed by atoms with van der Waals surface area (Å²) in [5, 5.41) is 15.6. The van der Waals surface area contributed by atoms with Crippen LogP contribution in [0.4, 0.5) is 11.4 Å². The Hall–Kier alpha value is -2.84. The molecule has 0 saturated heterocycles. The molecule has 5 nitrogen and oxygen atoms in total. The molecule has 0 aliphatic heterocycles. The number of rotatable bonds is 4. The number of aryl methyl sites for hydroxylation is 1. The van der Waals surface area contributed by atoms with Gasteiger partial charge in [-0.25, -0.2) is 0 Å². The fourth-order valence-corrected chi connectivity index (χ4v) is 3.77. The van der Waals surface area contributed by atoms with E-state index in [2.05, 4.69) is 16.7 Å². The zero-order valence-electron chi connectivity index (χ0n) is 15.7. The van der Waals surface area contributed by atoms with Gasteiger partial charge in [0, 0.05) is 22.5 Å². The molecule has 0 aromatic heterocycles. The highest BCUT2D eigenvalue weighted by Gasteiger charge is 2.30. The molecule has 0 spiro atoms. The number of carbonyl (C=O) groups excluding carboxylic acids is 2. The lowest BCUT2D eigenvalue weighted by Gasteiger charge is -2.27. The number of halogens is 1. The van der Waals surface area contributed by atoms with E-state index in [4.69, 9.17) is 16.9 Å². The van der Waals surface area contributed by atoms with Crippen molar-refractivity contribution in [1.29, 1.82) is 5.26 Å². The summed E-state index contributed by atoms with van der Waals surface area (Å²) in [6, 6.07) is 14.4. The van der Waals surface area contributed by atoms with Crippen molar-refractivity contribution in [2.75, 3.05) is 10.6 Å². The van der Waals surface area contributed by atoms with E-state index in [0.717, 1.165) is 11.3 Å². The molecule has 0 radical (unpaired) electrons. The van der Waals surface area contributed by atoms with Crippen LogP contribution in [-0.4, -0.2) is 11.8 Å². The van der Waals surface area contributed by atoms with E-state index in [9.17, 15) is 9.59 Å². The van der Waals surface area contributed by atoms with Crippen molar-refractivity contribution in [1.82, 2.24) is 0 Å². The number of nitriles is 1. The van der Waals surface area contributed by atoms with Crippen molar-refractivity contribution >= 4 is 34.8 Å². The quantitative estimate of drug-likeness (QED) is 0.772. The Morgan fingerprint density at radius 1 is 0.964 bits per heavy atom. The number of para-hydroxylation sites is 1. The van der Waals surface area contributed by atoms with Gasteiger partial charge in [0.05, 0.1) is 11.3 Å². The van der Waals surface area contributed by atoms with Crippen molar-refractivity contribution in [3.63, 3.8) is 0 Å². The number of benzene rings is 2. The molecule has 28 heavy (non-hydrogen) atoms. The first-order valence-electron chi connectivity index (χ1n) is 9.35. The van der Waals surface area contributed by atoms with Gasteiger partial charge < -0.3 is 10.6 Å². The molecule has 0 atom stereocenters. The Kier molecular flexibility index (Phi) is 6.33. The average Bonchev–Trinajstić information content (AvgIpc) is 2.70. The average molecular weight is 396 g/mol. The molecule has 3 rings (SSSR count). The lowest BCUT2D eigenvalue weighted by Crippen LogP contribution is -2.32. The highest BCUT2D eigenvalue weighted by Crippen LogP contribution is 2.31. The van der Waals surface area contributed by atoms with Crippen molar-refractivity contribution in [2.24, 2.45) is 11.8 Å². The monoisotopic (exact) mass is 395 g/mol. The van der Waals surface area contributed by atoms with Gasteiger partial charge in [-0.15, -0.1) is 0 Å². The Bertz CT molecular complexity index is 928. The number of anilines is 2. The van der Waals surface area contributed by atoms with E-state index in [1.165, 1.54) is 0 Å². The molecule has 2 aromatic rings. The topological polar surface area (TPSA) is 82.0 Å². The van der Waals surface area contributed by atoms with Crippen LogP contribution in [0.5, 0.6) is 0 Å². The number of nitrogens with zero attached hydrogens (tertiary/aromatic N) is 1. The molecule has 1 saturated carbocycles. The first-order chi connectivity index (χ1) is 13.5. The smallest absolute Gasteiger partial charge is 0.227 e. The van der Waals surface area contributed by atoms with Gasteiger partial charge in [-0.05, 0) is 68.5 Å². The number of amides is 2. The van der Waals surface area contributed by atoms with Gasteiger partial charge >= 0.3 is 0 Å². The van der Waals surface area contributed by atoms with E-state index in [1.54, 1.807) is 36.4 Å². The van der Waals surface area contributed by atoms with Crippen LogP contribution in [0, 0.1) is 30.1 Å². The molecule has 144 valence electrons. The molecule has 0 unspecified atom stereocenters. The van der Waals surface area contributed by atoms with Gasteiger partial charge in [0.15, 0.2) is 0 Å². The molecule has 1 aliphatic rings. The van der Waals surface area contributed by atoms with Crippen molar-refractivity contribution < 1.29 is 9.59 Å². The first-order valence-corrected chi connectivity index (χ1v) is 9.72. The zero-order chi connectivity index (χ0) is 20.1. The summed E-state index contributed by atoms with van der Waals surface area (Å²) in [7, 11) is 0. The van der Waals surface area contributed by atoms with Crippen LogP contribution < -0.4 is 10.6 Å². The van der Waals surface area contributed by atoms with Crippen molar-refractivity contribution in [3.8, 4) is 6.07 Å². The number of carbonyl (C=O) groups is 2. The predicted octanol–water partition coefficient (Wildman–Crippen LogP) is 4.90. The van der Waals surface area contributed by atoms with E-state index < -0.39 is 0 Å². The Labute approximate surface area is 169 Å². The van der Waals surface area contributed by atoms with E-state index in [0.29, 0.717) is 42.0 Å². The zero-order valence-corrected chi connectivity index (χ0v) is 16.4. The lowest BCUT2D eigenvalue weighted by atomic mass is 9.81. The summed E-state index contributed by atoms with van der Waals surface area (Å²) in [5.74, 6) is -0.354. The third kappa shape index (κ3) is 4.71. The molecular formula is C22H22ClN3O2. The molecular weight excluding hydrogens is 374 g/mol. The predicted molar refractivity (Wildman–Crippen MR) is 110 cm³/mol. The molecule has 0 heterocycles. The molecule has 1 fully saturated rings. The Morgan fingerprint density at radius 3 is 2.11 bits per heavy atom. The fraction of sp³-hybridized carbons (Fsp3) is 0.318. The van der Waals surface area contributed by atoms with Crippen LogP contribution in [0.3, 0.4) is 0 Å². The number of nitrogens with one attached hydrogen (secondary N) is 2. The molecule has 2 N–H and O–H groups in total. The maximum atomic E-state index is 12.6. The molecule has 2 amide bonds. The normalized spacial score (nSPS) is 18.8. The summed E-state index contributed by atoms with van der Waals surface area (Å²) < 4.78 is 0. The Balaban J connectivity index is 1.54. The van der Waals surface area contributed by atoms with Crippen molar-refractivity contribution in [2.45, 2.75) is 32.6 Å². The minimum Gasteiger partial charge on any atom is -0.326 e. The summed E-state index contributed by atoms with van der Waals surface area (Å²) in [6.45, 7) is 1.90. The van der Waals surface area contributed by atoms with E-state index in [1.807, 2.05) is 13.0 Å². The maximum Gasteiger partial charge on any atom is 0.227 e. The summed E-state index contributed by atoms with van der Waals surface area (Å²) in [4.78, 5) is 25.1. The second-order valence-corrected chi connectivity index (χ2v) is 7.58. The van der Waals surface area contributed by atoms with Crippen LogP contribution in [-0.2, 0) is 9.59 Å². The lowest BCUT2D eigenvalue weighted by molar-refractivity contribution is -0.125. The number of hydrogen-bond donors (Lipinski definition) is 2. The maximum absolute atomic E-state index is 12.6. The molecule has 1 aliphatic carbocycles. The number of hydrogen-bond acceptors (Lipinski definition) is 3. The second-order valence-electron chi connectivity index (χ2n) is 7.14. The first kappa shape index (κ1) is 19.9. The SMILES string of the molecule is Cc1cc(Cl)ccc1NC(=O)C1CCC(C(=O)Nc2ccccc2C#N)CC1. The fourth-order valence-electron chi connectivity index (χ4n) is 3.54. The molecule has 6 heteroatoms. The molecule has 2 aromatic carbocycles. The summed E-state index contributed by atoms with van der Waals surface area (Å²) >= 11 is 5.96. The third-order valence-corrected chi connectivity index (χ3v) is 5.46. The van der Waals surface area contributed by atoms with Crippen LogP contribution in [0.1, 0.15) is 36.8 Å². The molecule has 0 bridgehead atoms. The van der Waals surface area contributed by atoms with Gasteiger partial charge in [-0.1, -0.05) is 23.7 Å². The van der Waals surface area contributed by atoms with Gasteiger partial charge in [0.1, 0.15) is 6.07 Å². The van der Waals surface area contributed by atoms with E-state index >= 15 is 0 Å². The van der Waals surface area contributed by atoms with Gasteiger partial charge in [-0.2, -0.15) is 5.26 Å². The third-order valence-electron chi connectivity index (χ3n) is 5.22. The van der Waals surface area contributed by atoms with Crippen LogP contribution in [0.15, 0.2) is 42.5 Å². The van der Waals surface area contributed by atoms with Crippen LogP contribution in [0.25, 0.3) is 0 Å².